The highest BCUT2D eigenvalue weighted by molar-refractivity contribution is 6.16. The van der Waals surface area contributed by atoms with E-state index in [1.165, 1.54) is 54.6 Å². The number of aromatic nitrogens is 1. The van der Waals surface area contributed by atoms with Gasteiger partial charge in [-0.05, 0) is 66.9 Å². The van der Waals surface area contributed by atoms with E-state index in [1.54, 1.807) is 18.2 Å². The van der Waals surface area contributed by atoms with Gasteiger partial charge in [-0.25, -0.2) is 8.78 Å². The summed E-state index contributed by atoms with van der Waals surface area (Å²) in [5.41, 5.74) is 6.07. The van der Waals surface area contributed by atoms with Crippen molar-refractivity contribution in [2.45, 2.75) is 19.4 Å². The Balaban J connectivity index is 1.30. The van der Waals surface area contributed by atoms with Gasteiger partial charge >= 0.3 is 0 Å². The second-order valence-corrected chi connectivity index (χ2v) is 10.4. The Morgan fingerprint density at radius 1 is 0.864 bits per heavy atom. The molecule has 1 aliphatic carbocycles. The van der Waals surface area contributed by atoms with Gasteiger partial charge in [-0.1, -0.05) is 30.3 Å². The second-order valence-electron chi connectivity index (χ2n) is 10.4. The Kier molecular flexibility index (Phi) is 7.57. The van der Waals surface area contributed by atoms with Crippen LogP contribution in [-0.4, -0.2) is 23.9 Å². The standard InChI is InChI=1S/C34H27F2N3O5/c1-42-30-18-25-27(19-31(30)43-20-21-5-3-2-4-6-21)38-16-13-28(25)44-29-12-11-24(17-26(29)36)39(23-9-7-22(35)8-10-23)33(41)34(14-15-34)32(37)40/h2-13,16-19H,14-15,20H2,1H3,(H2,37,40). The molecule has 0 bridgehead atoms. The first-order chi connectivity index (χ1) is 21.3. The van der Waals surface area contributed by atoms with Gasteiger partial charge in [-0.2, -0.15) is 0 Å². The maximum absolute atomic E-state index is 15.6. The smallest absolute Gasteiger partial charge is 0.247 e. The van der Waals surface area contributed by atoms with Gasteiger partial charge in [0.25, 0.3) is 0 Å². The van der Waals surface area contributed by atoms with Crippen molar-refractivity contribution in [1.29, 1.82) is 0 Å². The second kappa shape index (κ2) is 11.6. The predicted molar refractivity (Wildman–Crippen MR) is 160 cm³/mol. The average molecular weight is 596 g/mol. The van der Waals surface area contributed by atoms with Crippen molar-refractivity contribution in [3.05, 3.63) is 114 Å². The van der Waals surface area contributed by atoms with E-state index < -0.39 is 28.9 Å². The molecule has 0 spiro atoms. The van der Waals surface area contributed by atoms with Gasteiger partial charge in [0.1, 0.15) is 23.6 Å². The van der Waals surface area contributed by atoms with Crippen LogP contribution in [0, 0.1) is 17.0 Å². The molecule has 0 atom stereocenters. The summed E-state index contributed by atoms with van der Waals surface area (Å²) in [7, 11) is 1.52. The number of rotatable bonds is 10. The number of anilines is 2. The molecule has 1 saturated carbocycles. The third-order valence-corrected chi connectivity index (χ3v) is 7.54. The number of fused-ring (bicyclic) bond motifs is 1. The van der Waals surface area contributed by atoms with E-state index in [-0.39, 0.29) is 30.0 Å². The van der Waals surface area contributed by atoms with Crippen LogP contribution in [0.25, 0.3) is 10.9 Å². The number of nitrogens with two attached hydrogens (primary N) is 1. The van der Waals surface area contributed by atoms with Crippen LogP contribution in [0.5, 0.6) is 23.0 Å². The number of carbonyl (C=O) groups is 2. The van der Waals surface area contributed by atoms with Crippen molar-refractivity contribution in [3.8, 4) is 23.0 Å². The largest absolute Gasteiger partial charge is 0.493 e. The molecule has 8 nitrogen and oxygen atoms in total. The first-order valence-electron chi connectivity index (χ1n) is 13.8. The van der Waals surface area contributed by atoms with Crippen LogP contribution in [-0.2, 0) is 16.2 Å². The molecule has 0 unspecified atom stereocenters. The normalized spacial score (nSPS) is 13.2. The summed E-state index contributed by atoms with van der Waals surface area (Å²) in [6.07, 6.45) is 2.09. The zero-order chi connectivity index (χ0) is 30.8. The van der Waals surface area contributed by atoms with E-state index in [9.17, 15) is 14.0 Å². The molecule has 4 aromatic carbocycles. The van der Waals surface area contributed by atoms with Crippen molar-refractivity contribution < 1.29 is 32.6 Å². The lowest BCUT2D eigenvalue weighted by atomic mass is 10.0. The maximum Gasteiger partial charge on any atom is 0.247 e. The molecule has 0 aliphatic heterocycles. The molecule has 6 rings (SSSR count). The van der Waals surface area contributed by atoms with Gasteiger partial charge in [0, 0.05) is 29.4 Å². The lowest BCUT2D eigenvalue weighted by molar-refractivity contribution is -0.133. The van der Waals surface area contributed by atoms with Gasteiger partial charge in [-0.3, -0.25) is 19.5 Å². The third-order valence-electron chi connectivity index (χ3n) is 7.54. The monoisotopic (exact) mass is 595 g/mol. The Labute approximate surface area is 251 Å². The summed E-state index contributed by atoms with van der Waals surface area (Å²) in [6, 6.07) is 23.8. The van der Waals surface area contributed by atoms with Gasteiger partial charge in [0.05, 0.1) is 18.3 Å². The van der Waals surface area contributed by atoms with E-state index in [4.69, 9.17) is 19.9 Å². The molecule has 1 aromatic heterocycles. The average Bonchev–Trinajstić information content (AvgIpc) is 3.85. The number of benzene rings is 4. The lowest BCUT2D eigenvalue weighted by Gasteiger charge is -2.26. The highest BCUT2D eigenvalue weighted by Crippen LogP contribution is 2.49. The first kappa shape index (κ1) is 28.6. The molecular weight excluding hydrogens is 568 g/mol. The van der Waals surface area contributed by atoms with E-state index in [1.807, 2.05) is 30.3 Å². The van der Waals surface area contributed by atoms with Crippen LogP contribution < -0.4 is 24.8 Å². The zero-order valence-corrected chi connectivity index (χ0v) is 23.6. The number of amides is 2. The van der Waals surface area contributed by atoms with E-state index in [0.29, 0.717) is 34.8 Å². The van der Waals surface area contributed by atoms with Crippen LogP contribution >= 0.6 is 0 Å². The van der Waals surface area contributed by atoms with E-state index in [2.05, 4.69) is 4.98 Å². The number of pyridine rings is 1. The number of primary amides is 1. The maximum atomic E-state index is 15.6. The number of nitrogens with zero attached hydrogens (tertiary/aromatic N) is 2. The molecule has 2 N–H and O–H groups in total. The molecule has 0 radical (unpaired) electrons. The minimum absolute atomic E-state index is 0.118. The number of methoxy groups -OCH3 is 1. The van der Waals surface area contributed by atoms with Gasteiger partial charge in [0.15, 0.2) is 23.1 Å². The van der Waals surface area contributed by atoms with Crippen LogP contribution in [0.1, 0.15) is 18.4 Å². The minimum atomic E-state index is -1.39. The number of hydrogen-bond acceptors (Lipinski definition) is 6. The van der Waals surface area contributed by atoms with Crippen LogP contribution in [0.2, 0.25) is 0 Å². The summed E-state index contributed by atoms with van der Waals surface area (Å²) in [5, 5.41) is 0.556. The SMILES string of the molecule is COc1cc2c(Oc3ccc(N(C(=O)C4(C(N)=O)CC4)c4ccc(F)cc4)cc3F)ccnc2cc1OCc1ccccc1. The Morgan fingerprint density at radius 3 is 2.25 bits per heavy atom. The summed E-state index contributed by atoms with van der Waals surface area (Å²) in [4.78, 5) is 31.3. The molecule has 10 heteroatoms. The lowest BCUT2D eigenvalue weighted by Crippen LogP contribution is -2.41. The number of hydrogen-bond donors (Lipinski definition) is 1. The van der Waals surface area contributed by atoms with Crippen molar-refractivity contribution in [3.63, 3.8) is 0 Å². The molecule has 2 amide bonds. The summed E-state index contributed by atoms with van der Waals surface area (Å²) in [6.45, 7) is 0.328. The van der Waals surface area contributed by atoms with E-state index in [0.717, 1.165) is 11.6 Å². The van der Waals surface area contributed by atoms with Crippen molar-refractivity contribution >= 4 is 34.1 Å². The highest BCUT2D eigenvalue weighted by atomic mass is 19.1. The molecular formula is C34H27F2N3O5. The molecule has 1 heterocycles. The van der Waals surface area contributed by atoms with Gasteiger partial charge in [-0.15, -0.1) is 0 Å². The third kappa shape index (κ3) is 5.49. The molecule has 222 valence electrons. The fourth-order valence-electron chi connectivity index (χ4n) is 4.93. The number of carbonyl (C=O) groups excluding carboxylic acids is 2. The van der Waals surface area contributed by atoms with Crippen molar-refractivity contribution in [2.24, 2.45) is 11.1 Å². The highest BCUT2D eigenvalue weighted by Gasteiger charge is 2.57. The van der Waals surface area contributed by atoms with Crippen LogP contribution in [0.15, 0.2) is 97.2 Å². The van der Waals surface area contributed by atoms with Crippen LogP contribution in [0.4, 0.5) is 20.2 Å². The van der Waals surface area contributed by atoms with Gasteiger partial charge in [0.2, 0.25) is 11.8 Å². The Bertz CT molecular complexity index is 1860. The van der Waals surface area contributed by atoms with E-state index >= 15 is 4.39 Å². The number of ether oxygens (including phenoxy) is 3. The minimum Gasteiger partial charge on any atom is -0.493 e. The molecule has 44 heavy (non-hydrogen) atoms. The van der Waals surface area contributed by atoms with Crippen molar-refractivity contribution in [2.75, 3.05) is 12.0 Å². The zero-order valence-electron chi connectivity index (χ0n) is 23.6. The topological polar surface area (TPSA) is 104 Å². The molecule has 5 aromatic rings. The summed E-state index contributed by atoms with van der Waals surface area (Å²) in [5.74, 6) is -1.53. The Morgan fingerprint density at radius 2 is 1.59 bits per heavy atom. The Hall–Kier alpha value is -5.51. The molecule has 1 aliphatic rings. The number of halogens is 2. The van der Waals surface area contributed by atoms with Gasteiger partial charge < -0.3 is 19.9 Å². The first-order valence-corrected chi connectivity index (χ1v) is 13.8. The summed E-state index contributed by atoms with van der Waals surface area (Å²) < 4.78 is 46.8. The molecule has 0 saturated heterocycles. The van der Waals surface area contributed by atoms with Crippen LogP contribution in [0.3, 0.4) is 0 Å². The summed E-state index contributed by atoms with van der Waals surface area (Å²) >= 11 is 0. The molecule has 1 fully saturated rings. The fourth-order valence-corrected chi connectivity index (χ4v) is 4.93. The van der Waals surface area contributed by atoms with Crippen molar-refractivity contribution in [1.82, 2.24) is 4.98 Å². The predicted octanol–water partition coefficient (Wildman–Crippen LogP) is 6.82. The fraction of sp³-hybridized carbons (Fsp3) is 0.147. The quantitative estimate of drug-likeness (QED) is 0.178.